The molecule has 0 saturated heterocycles. The van der Waals surface area contributed by atoms with Crippen molar-refractivity contribution in [3.8, 4) is 0 Å². The molecule has 6 heteroatoms. The van der Waals surface area contributed by atoms with Crippen LogP contribution in [-0.4, -0.2) is 22.9 Å². The molecule has 1 aromatic heterocycles. The molecule has 0 atom stereocenters. The van der Waals surface area contributed by atoms with Crippen molar-refractivity contribution in [2.45, 2.75) is 0 Å². The Balaban J connectivity index is 2.56. The van der Waals surface area contributed by atoms with Gasteiger partial charge >= 0.3 is 0 Å². The average Bonchev–Trinajstić information content (AvgIpc) is 2.37. The van der Waals surface area contributed by atoms with E-state index in [0.29, 0.717) is 11.1 Å². The minimum Gasteiger partial charge on any atom is -0.282 e. The van der Waals surface area contributed by atoms with Gasteiger partial charge in [0.1, 0.15) is 11.2 Å². The van der Waals surface area contributed by atoms with Crippen LogP contribution in [0.25, 0.3) is 11.0 Å². The van der Waals surface area contributed by atoms with Gasteiger partial charge in [-0.15, -0.1) is 0 Å². The zero-order valence-electron chi connectivity index (χ0n) is 9.26. The molecule has 0 amide bonds. The number of nitrogens with zero attached hydrogens (tertiary/aromatic N) is 2. The minimum absolute atomic E-state index is 0.182. The molecule has 0 bridgehead atoms. The number of benzene rings is 1. The maximum absolute atomic E-state index is 11.4. The first kappa shape index (κ1) is 12.4. The molecular formula is C12H10N2O3S. The van der Waals surface area contributed by atoms with Crippen molar-refractivity contribution in [3.63, 3.8) is 0 Å². The maximum atomic E-state index is 11.4. The highest BCUT2D eigenvalue weighted by Gasteiger charge is 2.15. The van der Waals surface area contributed by atoms with Crippen LogP contribution in [0.4, 0.5) is 0 Å². The van der Waals surface area contributed by atoms with Gasteiger partial charge in [0.15, 0.2) is 0 Å². The lowest BCUT2D eigenvalue weighted by Crippen LogP contribution is -2.01. The number of aromatic nitrogens is 2. The maximum Gasteiger partial charge on any atom is 0.295 e. The highest BCUT2D eigenvalue weighted by Crippen LogP contribution is 2.22. The van der Waals surface area contributed by atoms with E-state index >= 15 is 0 Å². The summed E-state index contributed by atoms with van der Waals surface area (Å²) >= 11 is 0. The van der Waals surface area contributed by atoms with Gasteiger partial charge < -0.3 is 0 Å². The molecule has 0 aliphatic carbocycles. The van der Waals surface area contributed by atoms with Crippen LogP contribution in [0.15, 0.2) is 49.1 Å². The van der Waals surface area contributed by atoms with E-state index in [9.17, 15) is 13.0 Å². The van der Waals surface area contributed by atoms with Crippen molar-refractivity contribution < 1.29 is 13.0 Å². The first-order chi connectivity index (χ1) is 8.57. The Kier molecular flexibility index (Phi) is 3.50. The van der Waals surface area contributed by atoms with E-state index in [1.807, 2.05) is 0 Å². The van der Waals surface area contributed by atoms with Crippen LogP contribution < -0.4 is 0 Å². The van der Waals surface area contributed by atoms with Gasteiger partial charge in [-0.3, -0.25) is 4.55 Å². The highest BCUT2D eigenvalue weighted by atomic mass is 32.2. The molecule has 0 aliphatic rings. The molecule has 2 rings (SSSR count). The Hall–Kier alpha value is -2.05. The predicted octanol–water partition coefficient (Wildman–Crippen LogP) is 1.86. The summed E-state index contributed by atoms with van der Waals surface area (Å²) in [6.07, 6.45) is 5.58. The van der Waals surface area contributed by atoms with E-state index in [1.165, 1.54) is 24.8 Å². The molecule has 5 nitrogen and oxygen atoms in total. The van der Waals surface area contributed by atoms with Gasteiger partial charge in [-0.05, 0) is 11.6 Å². The van der Waals surface area contributed by atoms with Crippen molar-refractivity contribution in [1.29, 1.82) is 0 Å². The quantitative estimate of drug-likeness (QED) is 0.854. The zero-order valence-corrected chi connectivity index (χ0v) is 10.1. The van der Waals surface area contributed by atoms with Crippen molar-refractivity contribution in [2.24, 2.45) is 0 Å². The lowest BCUT2D eigenvalue weighted by Gasteiger charge is -2.04. The molecule has 1 N–H and O–H groups in total. The Bertz CT molecular complexity index is 652. The molecule has 1 heterocycles. The minimum atomic E-state index is -4.31. The molecule has 0 spiro atoms. The topological polar surface area (TPSA) is 80.2 Å². The molecule has 1 aromatic carbocycles. The van der Waals surface area contributed by atoms with Gasteiger partial charge in [0.05, 0.1) is 0 Å². The zero-order chi connectivity index (χ0) is 13.0. The molecule has 0 unspecified atom stereocenters. The Morgan fingerprint density at radius 1 is 1.11 bits per heavy atom. The molecule has 92 valence electrons. The number of rotatable bonds is 3. The summed E-state index contributed by atoms with van der Waals surface area (Å²) in [5.41, 5.74) is 0.901. The van der Waals surface area contributed by atoms with Crippen LogP contribution in [-0.2, 0) is 10.1 Å². The van der Waals surface area contributed by atoms with Crippen LogP contribution in [0.5, 0.6) is 0 Å². The number of hydrogen-bond acceptors (Lipinski definition) is 4. The summed E-state index contributed by atoms with van der Waals surface area (Å²) in [6.45, 7) is 0. The summed E-state index contributed by atoms with van der Waals surface area (Å²) in [6, 6.07) is 8.34. The monoisotopic (exact) mass is 262 g/mol. The van der Waals surface area contributed by atoms with E-state index in [1.54, 1.807) is 30.3 Å². The fourth-order valence-corrected chi connectivity index (χ4v) is 2.16. The fourth-order valence-electron chi connectivity index (χ4n) is 1.45. The lowest BCUT2D eigenvalue weighted by molar-refractivity contribution is 0.496. The molecule has 0 fully saturated rings. The van der Waals surface area contributed by atoms with E-state index in [-0.39, 0.29) is 4.91 Å². The van der Waals surface area contributed by atoms with Crippen LogP contribution in [0.2, 0.25) is 0 Å². The van der Waals surface area contributed by atoms with Crippen molar-refractivity contribution in [2.75, 3.05) is 0 Å². The second-order valence-corrected chi connectivity index (χ2v) is 4.91. The van der Waals surface area contributed by atoms with E-state index in [2.05, 4.69) is 9.97 Å². The van der Waals surface area contributed by atoms with Gasteiger partial charge in [0.2, 0.25) is 0 Å². The average molecular weight is 262 g/mol. The van der Waals surface area contributed by atoms with E-state index in [4.69, 9.17) is 0 Å². The van der Waals surface area contributed by atoms with Gasteiger partial charge in [0.25, 0.3) is 10.1 Å². The fraction of sp³-hybridized carbons (Fsp3) is 0. The van der Waals surface area contributed by atoms with Gasteiger partial charge in [-0.25, -0.2) is 9.97 Å². The summed E-state index contributed by atoms with van der Waals surface area (Å²) in [4.78, 5) is 7.38. The van der Waals surface area contributed by atoms with Gasteiger partial charge in [-0.2, -0.15) is 8.42 Å². The summed E-state index contributed by atoms with van der Waals surface area (Å²) in [5, 5.41) is 0. The van der Waals surface area contributed by atoms with Crippen LogP contribution in [0.3, 0.4) is 0 Å². The number of hydrogen-bond donors (Lipinski definition) is 1. The summed E-state index contributed by atoms with van der Waals surface area (Å²) < 4.78 is 32.0. The molecule has 0 saturated carbocycles. The van der Waals surface area contributed by atoms with E-state index in [0.717, 1.165) is 0 Å². The Morgan fingerprint density at radius 3 is 2.28 bits per heavy atom. The Morgan fingerprint density at radius 2 is 1.72 bits per heavy atom. The van der Waals surface area contributed by atoms with Crippen molar-refractivity contribution in [3.05, 3.63) is 60.2 Å². The second-order valence-electron chi connectivity index (χ2n) is 3.52. The molecule has 18 heavy (non-hydrogen) atoms. The lowest BCUT2D eigenvalue weighted by atomic mass is 10.2. The third-order valence-electron chi connectivity index (χ3n) is 2.21. The SMILES string of the molecule is O=S(=O)(O)C(=Cc1cncnc1)c1ccccc1. The third kappa shape index (κ3) is 2.99. The Labute approximate surface area is 105 Å². The second kappa shape index (κ2) is 5.07. The van der Waals surface area contributed by atoms with Crippen LogP contribution >= 0.6 is 0 Å². The molecule has 0 aliphatic heterocycles. The smallest absolute Gasteiger partial charge is 0.282 e. The molecule has 0 radical (unpaired) electrons. The molecule has 2 aromatic rings. The standard InChI is InChI=1S/C12H10N2O3S/c15-18(16,17)12(11-4-2-1-3-5-11)6-10-7-13-9-14-8-10/h1-9H,(H,15,16,17). The summed E-state index contributed by atoms with van der Waals surface area (Å²) in [7, 11) is -4.31. The molecular weight excluding hydrogens is 252 g/mol. The first-order valence-electron chi connectivity index (χ1n) is 5.07. The third-order valence-corrected chi connectivity index (χ3v) is 3.12. The van der Waals surface area contributed by atoms with Gasteiger partial charge in [0, 0.05) is 18.0 Å². The van der Waals surface area contributed by atoms with E-state index < -0.39 is 10.1 Å². The van der Waals surface area contributed by atoms with Crippen molar-refractivity contribution >= 4 is 21.1 Å². The largest absolute Gasteiger partial charge is 0.295 e. The normalized spacial score (nSPS) is 12.4. The summed E-state index contributed by atoms with van der Waals surface area (Å²) in [5.74, 6) is 0. The highest BCUT2D eigenvalue weighted by molar-refractivity contribution is 7.95. The van der Waals surface area contributed by atoms with Crippen LogP contribution in [0.1, 0.15) is 11.1 Å². The predicted molar refractivity (Wildman–Crippen MR) is 67.9 cm³/mol. The van der Waals surface area contributed by atoms with Crippen molar-refractivity contribution in [1.82, 2.24) is 9.97 Å². The first-order valence-corrected chi connectivity index (χ1v) is 6.51. The van der Waals surface area contributed by atoms with Crippen LogP contribution in [0, 0.1) is 0 Å². The van der Waals surface area contributed by atoms with Gasteiger partial charge in [-0.1, -0.05) is 30.3 Å².